The molecule has 0 unspecified atom stereocenters. The van der Waals surface area contributed by atoms with Crippen molar-refractivity contribution in [3.05, 3.63) is 90.0 Å². The van der Waals surface area contributed by atoms with Gasteiger partial charge in [-0.05, 0) is 54.8 Å². The first kappa shape index (κ1) is 25.0. The van der Waals surface area contributed by atoms with E-state index >= 15 is 0 Å². The summed E-state index contributed by atoms with van der Waals surface area (Å²) in [6.07, 6.45) is 1.43. The highest BCUT2D eigenvalue weighted by Crippen LogP contribution is 2.30. The van der Waals surface area contributed by atoms with Gasteiger partial charge in [0.05, 0.1) is 29.8 Å². The minimum atomic E-state index is -4.01. The van der Waals surface area contributed by atoms with Crippen LogP contribution in [0.2, 0.25) is 0 Å². The molecule has 1 amide bonds. The number of sulfonamides is 1. The lowest BCUT2D eigenvalue weighted by Gasteiger charge is -2.26. The second-order valence-electron chi connectivity index (χ2n) is 7.52. The fourth-order valence-electron chi connectivity index (χ4n) is 3.41. The molecule has 0 aliphatic carbocycles. The molecule has 3 rings (SSSR count). The van der Waals surface area contributed by atoms with Gasteiger partial charge in [0.15, 0.2) is 0 Å². The predicted molar refractivity (Wildman–Crippen MR) is 135 cm³/mol. The normalized spacial score (nSPS) is 10.9. The van der Waals surface area contributed by atoms with Crippen molar-refractivity contribution < 1.29 is 17.9 Å². The molecular formula is C26H29N3O4S. The summed E-state index contributed by atoms with van der Waals surface area (Å²) in [6, 6.07) is 22.1. The average molecular weight is 480 g/mol. The van der Waals surface area contributed by atoms with Crippen molar-refractivity contribution in [2.75, 3.05) is 11.4 Å². The minimum absolute atomic E-state index is 0.0535. The topological polar surface area (TPSA) is 88.1 Å². The van der Waals surface area contributed by atoms with Gasteiger partial charge in [-0.15, -0.1) is 0 Å². The molecule has 0 heterocycles. The van der Waals surface area contributed by atoms with Crippen LogP contribution in [0.1, 0.15) is 42.6 Å². The van der Waals surface area contributed by atoms with Gasteiger partial charge in [0.2, 0.25) is 0 Å². The molecule has 3 aromatic rings. The number of para-hydroxylation sites is 1. The third-order valence-corrected chi connectivity index (χ3v) is 7.14. The summed E-state index contributed by atoms with van der Waals surface area (Å²) in [5.74, 6) is 0.0758. The molecule has 178 valence electrons. The lowest BCUT2D eigenvalue weighted by atomic mass is 10.1. The lowest BCUT2D eigenvalue weighted by molar-refractivity contribution is 0.0955. The number of benzene rings is 3. The van der Waals surface area contributed by atoms with Crippen LogP contribution in [-0.4, -0.2) is 27.1 Å². The van der Waals surface area contributed by atoms with E-state index in [1.54, 1.807) is 36.4 Å². The van der Waals surface area contributed by atoms with Crippen molar-refractivity contribution in [2.45, 2.75) is 38.1 Å². The van der Waals surface area contributed by atoms with Crippen LogP contribution in [0.3, 0.4) is 0 Å². The number of carbonyl (C=O) groups is 1. The molecule has 8 heteroatoms. The van der Waals surface area contributed by atoms with Crippen molar-refractivity contribution in [2.24, 2.45) is 5.10 Å². The number of hydrogen-bond donors (Lipinski definition) is 1. The number of hydrazone groups is 1. The van der Waals surface area contributed by atoms with Crippen LogP contribution in [0.15, 0.2) is 88.9 Å². The van der Waals surface area contributed by atoms with Gasteiger partial charge in [-0.1, -0.05) is 56.3 Å². The molecule has 0 spiro atoms. The fourth-order valence-corrected chi connectivity index (χ4v) is 4.88. The molecule has 1 N–H and O–H groups in total. The van der Waals surface area contributed by atoms with E-state index in [1.807, 2.05) is 44.2 Å². The SMILES string of the molecule is CCC(CC)=NNC(=O)c1ccccc1N(Cc1ccccc1)S(=O)(=O)c1ccc(OC)cc1. The molecule has 7 nitrogen and oxygen atoms in total. The van der Waals surface area contributed by atoms with Gasteiger partial charge in [0.25, 0.3) is 15.9 Å². The van der Waals surface area contributed by atoms with Gasteiger partial charge in [0, 0.05) is 5.71 Å². The highest BCUT2D eigenvalue weighted by atomic mass is 32.2. The third-order valence-electron chi connectivity index (χ3n) is 5.37. The highest BCUT2D eigenvalue weighted by molar-refractivity contribution is 7.92. The monoisotopic (exact) mass is 479 g/mol. The van der Waals surface area contributed by atoms with Crippen LogP contribution in [0, 0.1) is 0 Å². The summed E-state index contributed by atoms with van der Waals surface area (Å²) in [5, 5.41) is 4.20. The molecular weight excluding hydrogens is 450 g/mol. The molecule has 3 aromatic carbocycles. The Labute approximate surface area is 201 Å². The number of nitrogens with one attached hydrogen (secondary N) is 1. The summed E-state index contributed by atoms with van der Waals surface area (Å²) in [7, 11) is -2.49. The van der Waals surface area contributed by atoms with E-state index in [0.717, 1.165) is 11.3 Å². The van der Waals surface area contributed by atoms with Crippen LogP contribution >= 0.6 is 0 Å². The highest BCUT2D eigenvalue weighted by Gasteiger charge is 2.28. The van der Waals surface area contributed by atoms with Crippen molar-refractivity contribution >= 4 is 27.3 Å². The first-order chi connectivity index (χ1) is 16.4. The Bertz CT molecular complexity index is 1230. The van der Waals surface area contributed by atoms with E-state index in [2.05, 4.69) is 10.5 Å². The third kappa shape index (κ3) is 5.82. The van der Waals surface area contributed by atoms with Gasteiger partial charge in [0.1, 0.15) is 5.75 Å². The maximum Gasteiger partial charge on any atom is 0.273 e. The first-order valence-electron chi connectivity index (χ1n) is 11.1. The van der Waals surface area contributed by atoms with Crippen molar-refractivity contribution in [1.29, 1.82) is 0 Å². The predicted octanol–water partition coefficient (Wildman–Crippen LogP) is 5.00. The van der Waals surface area contributed by atoms with Gasteiger partial charge in [-0.2, -0.15) is 5.10 Å². The molecule has 0 radical (unpaired) electrons. The van der Waals surface area contributed by atoms with E-state index in [4.69, 9.17) is 4.74 Å². The van der Waals surface area contributed by atoms with E-state index in [0.29, 0.717) is 18.6 Å². The van der Waals surface area contributed by atoms with E-state index in [-0.39, 0.29) is 22.7 Å². The number of rotatable bonds is 10. The largest absolute Gasteiger partial charge is 0.497 e. The molecule has 0 saturated heterocycles. The zero-order chi connectivity index (χ0) is 24.6. The van der Waals surface area contributed by atoms with Crippen LogP contribution in [0.5, 0.6) is 5.75 Å². The molecule has 0 aliphatic rings. The van der Waals surface area contributed by atoms with Crippen molar-refractivity contribution in [3.63, 3.8) is 0 Å². The molecule has 0 aromatic heterocycles. The Morgan fingerprint density at radius 2 is 1.53 bits per heavy atom. The Kier molecular flexibility index (Phi) is 8.43. The van der Waals surface area contributed by atoms with Crippen molar-refractivity contribution in [1.82, 2.24) is 5.43 Å². The summed E-state index contributed by atoms with van der Waals surface area (Å²) in [5.41, 5.74) is 4.69. The Balaban J connectivity index is 2.08. The summed E-state index contributed by atoms with van der Waals surface area (Å²) < 4.78 is 34.0. The average Bonchev–Trinajstić information content (AvgIpc) is 2.88. The maximum absolute atomic E-state index is 13.8. The molecule has 0 saturated carbocycles. The van der Waals surface area contributed by atoms with Crippen LogP contribution in [-0.2, 0) is 16.6 Å². The Morgan fingerprint density at radius 3 is 2.15 bits per heavy atom. The number of hydrogen-bond acceptors (Lipinski definition) is 5. The first-order valence-corrected chi connectivity index (χ1v) is 12.5. The Morgan fingerprint density at radius 1 is 0.912 bits per heavy atom. The van der Waals surface area contributed by atoms with E-state index < -0.39 is 15.9 Å². The Hall–Kier alpha value is -3.65. The molecule has 0 atom stereocenters. The number of ether oxygens (including phenoxy) is 1. The number of methoxy groups -OCH3 is 1. The second-order valence-corrected chi connectivity index (χ2v) is 9.38. The number of nitrogens with zero attached hydrogens (tertiary/aromatic N) is 2. The van der Waals surface area contributed by atoms with Crippen LogP contribution in [0.25, 0.3) is 0 Å². The van der Waals surface area contributed by atoms with Gasteiger partial charge < -0.3 is 4.74 Å². The number of carbonyl (C=O) groups excluding carboxylic acids is 1. The van der Waals surface area contributed by atoms with Gasteiger partial charge in [-0.25, -0.2) is 13.8 Å². The van der Waals surface area contributed by atoms with E-state index in [1.165, 1.54) is 23.5 Å². The summed E-state index contributed by atoms with van der Waals surface area (Å²) >= 11 is 0. The van der Waals surface area contributed by atoms with Gasteiger partial charge >= 0.3 is 0 Å². The molecule has 0 bridgehead atoms. The van der Waals surface area contributed by atoms with E-state index in [9.17, 15) is 13.2 Å². The smallest absolute Gasteiger partial charge is 0.273 e. The second kappa shape index (κ2) is 11.5. The molecule has 0 fully saturated rings. The summed E-state index contributed by atoms with van der Waals surface area (Å²) in [6.45, 7) is 3.98. The fraction of sp³-hybridized carbons (Fsp3) is 0.231. The number of anilines is 1. The zero-order valence-corrected chi connectivity index (χ0v) is 20.4. The zero-order valence-electron chi connectivity index (χ0n) is 19.6. The van der Waals surface area contributed by atoms with Crippen molar-refractivity contribution in [3.8, 4) is 5.75 Å². The quantitative estimate of drug-likeness (QED) is 0.328. The summed E-state index contributed by atoms with van der Waals surface area (Å²) in [4.78, 5) is 13.1. The number of amides is 1. The van der Waals surface area contributed by atoms with Crippen LogP contribution in [0.4, 0.5) is 5.69 Å². The molecule has 34 heavy (non-hydrogen) atoms. The van der Waals surface area contributed by atoms with Crippen LogP contribution < -0.4 is 14.5 Å². The minimum Gasteiger partial charge on any atom is -0.497 e. The maximum atomic E-state index is 13.8. The molecule has 0 aliphatic heterocycles. The lowest BCUT2D eigenvalue weighted by Crippen LogP contribution is -2.33. The standard InChI is InChI=1S/C26H29N3O4S/c1-4-21(5-2)27-28-26(30)24-13-9-10-14-25(24)29(19-20-11-7-6-8-12-20)34(31,32)23-17-15-22(33-3)16-18-23/h6-18H,4-5,19H2,1-3H3,(H,28,30). The van der Waals surface area contributed by atoms with Gasteiger partial charge in [-0.3, -0.25) is 9.10 Å².